The molecule has 0 bridgehead atoms. The molecule has 0 amide bonds. The second kappa shape index (κ2) is 6.34. The number of primary sulfonamides is 1. The number of aromatic nitrogens is 2. The van der Waals surface area contributed by atoms with Gasteiger partial charge < -0.3 is 10.6 Å². The zero-order valence-electron chi connectivity index (χ0n) is 12.0. The van der Waals surface area contributed by atoms with Crippen LogP contribution in [-0.2, 0) is 10.0 Å². The summed E-state index contributed by atoms with van der Waals surface area (Å²) in [6.45, 7) is 3.73. The highest BCUT2D eigenvalue weighted by Gasteiger charge is 2.07. The Hall–Kier alpha value is -2.10. The van der Waals surface area contributed by atoms with Gasteiger partial charge in [-0.3, -0.25) is 0 Å². The lowest BCUT2D eigenvalue weighted by molar-refractivity contribution is 0.598. The van der Waals surface area contributed by atoms with Gasteiger partial charge in [-0.2, -0.15) is 0 Å². The maximum atomic E-state index is 11.2. The Morgan fingerprint density at radius 1 is 1.09 bits per heavy atom. The standard InChI is InChI=1S/C13H15N5O2S2/c1-8-7-9(2)16-12(15-8)18-13(21)17-10-3-5-11(6-4-10)22(14,19)20/h3-7H,1-2H3,(H2,14,19,20)(H2,15,16,17,18,21). The molecule has 0 unspecified atom stereocenters. The highest BCUT2D eigenvalue weighted by atomic mass is 32.2. The van der Waals surface area contributed by atoms with E-state index < -0.39 is 10.0 Å². The molecule has 4 N–H and O–H groups in total. The Balaban J connectivity index is 2.06. The second-order valence-electron chi connectivity index (χ2n) is 4.62. The first-order chi connectivity index (χ1) is 10.2. The Kier molecular flexibility index (Phi) is 4.69. The van der Waals surface area contributed by atoms with Crippen LogP contribution in [0.5, 0.6) is 0 Å². The zero-order valence-corrected chi connectivity index (χ0v) is 13.6. The van der Waals surface area contributed by atoms with Crippen molar-refractivity contribution in [3.05, 3.63) is 41.7 Å². The van der Waals surface area contributed by atoms with Crippen LogP contribution in [0.4, 0.5) is 11.6 Å². The largest absolute Gasteiger partial charge is 0.332 e. The van der Waals surface area contributed by atoms with Crippen molar-refractivity contribution in [3.8, 4) is 0 Å². The lowest BCUT2D eigenvalue weighted by Crippen LogP contribution is -2.21. The molecule has 0 atom stereocenters. The van der Waals surface area contributed by atoms with Gasteiger partial charge in [0.2, 0.25) is 16.0 Å². The molecule has 2 rings (SSSR count). The molecule has 0 aliphatic heterocycles. The molecule has 2 aromatic rings. The number of aryl methyl sites for hydroxylation is 2. The number of thiocarbonyl (C=S) groups is 1. The summed E-state index contributed by atoms with van der Waals surface area (Å²) in [5, 5.41) is 11.1. The van der Waals surface area contributed by atoms with Crippen molar-refractivity contribution in [2.75, 3.05) is 10.6 Å². The summed E-state index contributed by atoms with van der Waals surface area (Å²) in [7, 11) is -3.70. The number of rotatable bonds is 3. The Morgan fingerprint density at radius 2 is 1.64 bits per heavy atom. The van der Waals surface area contributed by atoms with Crippen molar-refractivity contribution in [2.24, 2.45) is 5.14 Å². The third-order valence-corrected chi connectivity index (χ3v) is 3.78. The number of anilines is 2. The third kappa shape index (κ3) is 4.45. The second-order valence-corrected chi connectivity index (χ2v) is 6.59. The summed E-state index contributed by atoms with van der Waals surface area (Å²) in [6, 6.07) is 7.78. The van der Waals surface area contributed by atoms with E-state index in [4.69, 9.17) is 17.4 Å². The SMILES string of the molecule is Cc1cc(C)nc(NC(=S)Nc2ccc(S(N)(=O)=O)cc2)n1. The Labute approximate surface area is 134 Å². The smallest absolute Gasteiger partial charge is 0.238 e. The highest BCUT2D eigenvalue weighted by molar-refractivity contribution is 7.89. The molecule has 22 heavy (non-hydrogen) atoms. The first-order valence-corrected chi connectivity index (χ1v) is 8.22. The minimum Gasteiger partial charge on any atom is -0.332 e. The first-order valence-electron chi connectivity index (χ1n) is 6.27. The predicted octanol–water partition coefficient (Wildman–Crippen LogP) is 1.55. The van der Waals surface area contributed by atoms with Crippen LogP contribution in [0.25, 0.3) is 0 Å². The summed E-state index contributed by atoms with van der Waals surface area (Å²) >= 11 is 5.17. The monoisotopic (exact) mass is 337 g/mol. The summed E-state index contributed by atoms with van der Waals surface area (Å²) in [5.41, 5.74) is 2.28. The van der Waals surface area contributed by atoms with Crippen LogP contribution in [0.2, 0.25) is 0 Å². The molecular formula is C13H15N5O2S2. The lowest BCUT2D eigenvalue weighted by atomic mass is 10.3. The number of hydrogen-bond acceptors (Lipinski definition) is 5. The van der Waals surface area contributed by atoms with Crippen molar-refractivity contribution in [1.29, 1.82) is 0 Å². The van der Waals surface area contributed by atoms with Gasteiger partial charge in [-0.25, -0.2) is 23.5 Å². The molecule has 0 fully saturated rings. The number of nitrogens with two attached hydrogens (primary N) is 1. The van der Waals surface area contributed by atoms with Gasteiger partial charge in [0.1, 0.15) is 0 Å². The van der Waals surface area contributed by atoms with Gasteiger partial charge in [-0.1, -0.05) is 0 Å². The van der Waals surface area contributed by atoms with Crippen LogP contribution in [0, 0.1) is 13.8 Å². The molecule has 1 heterocycles. The van der Waals surface area contributed by atoms with Crippen molar-refractivity contribution in [1.82, 2.24) is 9.97 Å². The molecule has 0 saturated carbocycles. The molecule has 0 saturated heterocycles. The van der Waals surface area contributed by atoms with E-state index in [1.54, 1.807) is 12.1 Å². The molecule has 1 aromatic heterocycles. The van der Waals surface area contributed by atoms with Crippen molar-refractivity contribution < 1.29 is 8.42 Å². The van der Waals surface area contributed by atoms with Crippen LogP contribution in [0.15, 0.2) is 35.2 Å². The lowest BCUT2D eigenvalue weighted by Gasteiger charge is -2.10. The minimum absolute atomic E-state index is 0.0366. The number of benzene rings is 1. The normalized spacial score (nSPS) is 11.0. The molecule has 1 aromatic carbocycles. The molecular weight excluding hydrogens is 322 g/mol. The molecule has 0 aliphatic rings. The highest BCUT2D eigenvalue weighted by Crippen LogP contribution is 2.13. The van der Waals surface area contributed by atoms with Gasteiger partial charge in [0.15, 0.2) is 5.11 Å². The van der Waals surface area contributed by atoms with E-state index in [1.165, 1.54) is 12.1 Å². The average molecular weight is 337 g/mol. The van der Waals surface area contributed by atoms with Crippen LogP contribution in [0.1, 0.15) is 11.4 Å². The molecule has 0 radical (unpaired) electrons. The fourth-order valence-corrected chi connectivity index (χ4v) is 2.50. The molecule has 7 nitrogen and oxygen atoms in total. The molecule has 0 aliphatic carbocycles. The van der Waals surface area contributed by atoms with Gasteiger partial charge in [-0.05, 0) is 56.4 Å². The average Bonchev–Trinajstić information content (AvgIpc) is 2.36. The number of nitrogens with one attached hydrogen (secondary N) is 2. The fourth-order valence-electron chi connectivity index (χ4n) is 1.77. The first kappa shape index (κ1) is 16.3. The van der Waals surface area contributed by atoms with E-state index in [-0.39, 0.29) is 4.90 Å². The van der Waals surface area contributed by atoms with E-state index in [0.29, 0.717) is 16.7 Å². The third-order valence-electron chi connectivity index (χ3n) is 2.65. The quantitative estimate of drug-likeness (QED) is 0.729. The molecule has 9 heteroatoms. The van der Waals surface area contributed by atoms with Crippen molar-refractivity contribution >= 4 is 39.0 Å². The Bertz CT molecular complexity index is 783. The topological polar surface area (TPSA) is 110 Å². The van der Waals surface area contributed by atoms with Gasteiger partial charge >= 0.3 is 0 Å². The number of hydrogen-bond donors (Lipinski definition) is 3. The van der Waals surface area contributed by atoms with Crippen LogP contribution in [-0.4, -0.2) is 23.5 Å². The van der Waals surface area contributed by atoms with E-state index >= 15 is 0 Å². The summed E-state index contributed by atoms with van der Waals surface area (Å²) < 4.78 is 22.3. The van der Waals surface area contributed by atoms with Crippen molar-refractivity contribution in [3.63, 3.8) is 0 Å². The van der Waals surface area contributed by atoms with Gasteiger partial charge in [-0.15, -0.1) is 0 Å². The Morgan fingerprint density at radius 3 is 2.14 bits per heavy atom. The van der Waals surface area contributed by atoms with Crippen LogP contribution < -0.4 is 15.8 Å². The fraction of sp³-hybridized carbons (Fsp3) is 0.154. The van der Waals surface area contributed by atoms with Gasteiger partial charge in [0.05, 0.1) is 4.90 Å². The van der Waals surface area contributed by atoms with E-state index in [0.717, 1.165) is 11.4 Å². The van der Waals surface area contributed by atoms with Gasteiger partial charge in [0, 0.05) is 17.1 Å². The van der Waals surface area contributed by atoms with Crippen LogP contribution >= 0.6 is 12.2 Å². The maximum Gasteiger partial charge on any atom is 0.238 e. The number of nitrogens with zero attached hydrogens (tertiary/aromatic N) is 2. The zero-order chi connectivity index (χ0) is 16.3. The maximum absolute atomic E-state index is 11.2. The van der Waals surface area contributed by atoms with E-state index in [1.807, 2.05) is 19.9 Å². The van der Waals surface area contributed by atoms with E-state index in [2.05, 4.69) is 20.6 Å². The number of sulfonamides is 1. The van der Waals surface area contributed by atoms with Crippen LogP contribution in [0.3, 0.4) is 0 Å². The summed E-state index contributed by atoms with van der Waals surface area (Å²) in [6.07, 6.45) is 0. The van der Waals surface area contributed by atoms with Gasteiger partial charge in [0.25, 0.3) is 0 Å². The minimum atomic E-state index is -3.70. The summed E-state index contributed by atoms with van der Waals surface area (Å²) in [5.74, 6) is 0.399. The molecule has 0 spiro atoms. The summed E-state index contributed by atoms with van der Waals surface area (Å²) in [4.78, 5) is 8.47. The van der Waals surface area contributed by atoms with Crippen molar-refractivity contribution in [2.45, 2.75) is 18.7 Å². The molecule has 116 valence electrons. The van der Waals surface area contributed by atoms with E-state index in [9.17, 15) is 8.42 Å². The predicted molar refractivity (Wildman–Crippen MR) is 89.2 cm³/mol.